The van der Waals surface area contributed by atoms with Crippen LogP contribution in [0.25, 0.3) is 0 Å². The molecule has 1 spiro atoms. The van der Waals surface area contributed by atoms with Crippen molar-refractivity contribution in [2.24, 2.45) is 17.5 Å². The summed E-state index contributed by atoms with van der Waals surface area (Å²) in [5, 5.41) is 15.5. The summed E-state index contributed by atoms with van der Waals surface area (Å²) >= 11 is 0. The molecular formula is C19H35IN6O. The fraction of sp³-hybridized carbons (Fsp3) is 0.842. The lowest BCUT2D eigenvalue weighted by Crippen LogP contribution is -2.68. The van der Waals surface area contributed by atoms with Gasteiger partial charge in [-0.2, -0.15) is 0 Å². The van der Waals surface area contributed by atoms with Crippen molar-refractivity contribution >= 4 is 29.9 Å². The van der Waals surface area contributed by atoms with Crippen LogP contribution in [0.1, 0.15) is 64.0 Å². The average molecular weight is 490 g/mol. The molecule has 154 valence electrons. The van der Waals surface area contributed by atoms with E-state index in [4.69, 9.17) is 9.73 Å². The van der Waals surface area contributed by atoms with E-state index in [1.54, 1.807) is 0 Å². The van der Waals surface area contributed by atoms with Gasteiger partial charge in [-0.1, -0.05) is 19.8 Å². The number of aliphatic imine (C=N–C) groups is 1. The smallest absolute Gasteiger partial charge is 0.191 e. The number of hydrogen-bond donors (Lipinski definition) is 2. The highest BCUT2D eigenvalue weighted by Crippen LogP contribution is 2.57. The summed E-state index contributed by atoms with van der Waals surface area (Å²) < 4.78 is 7.97. The van der Waals surface area contributed by atoms with Crippen LogP contribution in [0.5, 0.6) is 0 Å². The zero-order valence-corrected chi connectivity index (χ0v) is 19.5. The quantitative estimate of drug-likeness (QED) is 0.254. The number of nitrogens with one attached hydrogen (secondary N) is 2. The first kappa shape index (κ1) is 22.4. The Morgan fingerprint density at radius 3 is 2.67 bits per heavy atom. The van der Waals surface area contributed by atoms with E-state index in [0.29, 0.717) is 24.1 Å². The van der Waals surface area contributed by atoms with Gasteiger partial charge in [0, 0.05) is 31.7 Å². The SMILES string of the molecule is CCCCNC(=NCc1nnc(C)n1C)NC1CC(OCC)C12CCC2.I. The van der Waals surface area contributed by atoms with Gasteiger partial charge < -0.3 is 19.9 Å². The van der Waals surface area contributed by atoms with E-state index in [2.05, 4.69) is 34.7 Å². The Labute approximate surface area is 180 Å². The lowest BCUT2D eigenvalue weighted by atomic mass is 9.51. The molecule has 2 aliphatic rings. The minimum Gasteiger partial charge on any atom is -0.378 e. The van der Waals surface area contributed by atoms with Crippen LogP contribution in [0.4, 0.5) is 0 Å². The van der Waals surface area contributed by atoms with Crippen LogP contribution in [-0.2, 0) is 18.3 Å². The molecule has 1 heterocycles. The van der Waals surface area contributed by atoms with Crippen molar-refractivity contribution < 1.29 is 4.74 Å². The molecule has 7 nitrogen and oxygen atoms in total. The van der Waals surface area contributed by atoms with E-state index < -0.39 is 0 Å². The third-order valence-electron chi connectivity index (χ3n) is 6.13. The van der Waals surface area contributed by atoms with Crippen molar-refractivity contribution in [1.29, 1.82) is 0 Å². The molecule has 0 bridgehead atoms. The molecule has 3 rings (SSSR count). The van der Waals surface area contributed by atoms with Gasteiger partial charge in [-0.05, 0) is 39.5 Å². The molecule has 0 aromatic carbocycles. The van der Waals surface area contributed by atoms with Gasteiger partial charge in [-0.15, -0.1) is 34.2 Å². The number of unbranched alkanes of at least 4 members (excludes halogenated alkanes) is 1. The molecule has 0 radical (unpaired) electrons. The first-order valence-electron chi connectivity index (χ1n) is 10.1. The third kappa shape index (κ3) is 4.75. The third-order valence-corrected chi connectivity index (χ3v) is 6.13. The minimum atomic E-state index is 0. The average Bonchev–Trinajstić information content (AvgIpc) is 2.88. The molecule has 0 saturated heterocycles. The summed E-state index contributed by atoms with van der Waals surface area (Å²) in [7, 11) is 1.99. The molecule has 8 heteroatoms. The number of nitrogens with zero attached hydrogens (tertiary/aromatic N) is 4. The van der Waals surface area contributed by atoms with E-state index in [0.717, 1.165) is 43.6 Å². The maximum absolute atomic E-state index is 5.97. The zero-order chi connectivity index (χ0) is 18.6. The predicted molar refractivity (Wildman–Crippen MR) is 118 cm³/mol. The number of guanidine groups is 1. The second-order valence-electron chi connectivity index (χ2n) is 7.63. The highest BCUT2D eigenvalue weighted by molar-refractivity contribution is 14.0. The highest BCUT2D eigenvalue weighted by Gasteiger charge is 2.59. The largest absolute Gasteiger partial charge is 0.378 e. The van der Waals surface area contributed by atoms with Crippen LogP contribution < -0.4 is 10.6 Å². The molecule has 2 atom stereocenters. The van der Waals surface area contributed by atoms with E-state index >= 15 is 0 Å². The summed E-state index contributed by atoms with van der Waals surface area (Å²) in [5.74, 6) is 2.69. The standard InChI is InChI=1S/C19H34N6O.HI/c1-5-7-11-20-18(21-13-17-24-23-14(3)25(17)4)22-15-12-16(26-6-2)19(15)9-8-10-19;/h15-16H,5-13H2,1-4H3,(H2,20,21,22);1H. The summed E-state index contributed by atoms with van der Waals surface area (Å²) in [6.07, 6.45) is 7.64. The van der Waals surface area contributed by atoms with E-state index in [1.165, 1.54) is 25.7 Å². The first-order valence-corrected chi connectivity index (χ1v) is 10.1. The van der Waals surface area contributed by atoms with E-state index in [-0.39, 0.29) is 24.0 Å². The van der Waals surface area contributed by atoms with Gasteiger partial charge in [0.05, 0.1) is 6.10 Å². The number of halogens is 1. The second kappa shape index (κ2) is 10.0. The molecule has 1 aromatic rings. The van der Waals surface area contributed by atoms with Gasteiger partial charge in [0.25, 0.3) is 0 Å². The fourth-order valence-electron chi connectivity index (χ4n) is 4.08. The van der Waals surface area contributed by atoms with Gasteiger partial charge in [-0.3, -0.25) is 0 Å². The zero-order valence-electron chi connectivity index (χ0n) is 17.1. The second-order valence-corrected chi connectivity index (χ2v) is 7.63. The Balaban J connectivity index is 0.00000261. The Morgan fingerprint density at radius 1 is 1.33 bits per heavy atom. The maximum atomic E-state index is 5.97. The molecule has 0 amide bonds. The molecule has 0 aliphatic heterocycles. The van der Waals surface area contributed by atoms with Gasteiger partial charge in [0.2, 0.25) is 0 Å². The molecule has 2 N–H and O–H groups in total. The molecule has 2 aliphatic carbocycles. The molecule has 2 fully saturated rings. The Kier molecular flexibility index (Phi) is 8.33. The lowest BCUT2D eigenvalue weighted by Gasteiger charge is -2.61. The van der Waals surface area contributed by atoms with E-state index in [9.17, 15) is 0 Å². The topological polar surface area (TPSA) is 76.4 Å². The Morgan fingerprint density at radius 2 is 2.11 bits per heavy atom. The normalized spacial score (nSPS) is 23.3. The predicted octanol–water partition coefficient (Wildman–Crippen LogP) is 2.92. The number of aryl methyl sites for hydroxylation is 1. The van der Waals surface area contributed by atoms with Crippen molar-refractivity contribution in [2.45, 2.75) is 78.0 Å². The molecule has 1 aromatic heterocycles. The van der Waals surface area contributed by atoms with E-state index in [1.807, 2.05) is 18.5 Å². The molecule has 2 unspecified atom stereocenters. The Hall–Kier alpha value is -0.900. The summed E-state index contributed by atoms with van der Waals surface area (Å²) in [6.45, 7) is 8.54. The van der Waals surface area contributed by atoms with Crippen LogP contribution >= 0.6 is 24.0 Å². The lowest BCUT2D eigenvalue weighted by molar-refractivity contribution is -0.168. The van der Waals surface area contributed by atoms with Gasteiger partial charge in [0.1, 0.15) is 12.4 Å². The van der Waals surface area contributed by atoms with Gasteiger partial charge in [-0.25, -0.2) is 4.99 Å². The van der Waals surface area contributed by atoms with Crippen molar-refractivity contribution in [3.63, 3.8) is 0 Å². The maximum Gasteiger partial charge on any atom is 0.191 e. The van der Waals surface area contributed by atoms with Crippen molar-refractivity contribution in [2.75, 3.05) is 13.2 Å². The van der Waals surface area contributed by atoms with Crippen LogP contribution in [0, 0.1) is 12.3 Å². The molecular weight excluding hydrogens is 455 g/mol. The molecule has 27 heavy (non-hydrogen) atoms. The van der Waals surface area contributed by atoms with Crippen LogP contribution in [0.15, 0.2) is 4.99 Å². The Bertz CT molecular complexity index is 628. The monoisotopic (exact) mass is 490 g/mol. The number of aromatic nitrogens is 3. The van der Waals surface area contributed by atoms with Crippen molar-refractivity contribution in [1.82, 2.24) is 25.4 Å². The summed E-state index contributed by atoms with van der Waals surface area (Å²) in [6, 6.07) is 0.460. The fourth-order valence-corrected chi connectivity index (χ4v) is 4.08. The van der Waals surface area contributed by atoms with Crippen LogP contribution in [0.3, 0.4) is 0 Å². The number of rotatable bonds is 8. The van der Waals surface area contributed by atoms with Crippen molar-refractivity contribution in [3.05, 3.63) is 11.6 Å². The number of hydrogen-bond acceptors (Lipinski definition) is 4. The van der Waals surface area contributed by atoms with Crippen LogP contribution in [0.2, 0.25) is 0 Å². The van der Waals surface area contributed by atoms with Crippen molar-refractivity contribution in [3.8, 4) is 0 Å². The summed E-state index contributed by atoms with van der Waals surface area (Å²) in [4.78, 5) is 4.79. The van der Waals surface area contributed by atoms with Gasteiger partial charge in [0.15, 0.2) is 11.8 Å². The minimum absolute atomic E-state index is 0. The first-order chi connectivity index (χ1) is 12.6. The highest BCUT2D eigenvalue weighted by atomic mass is 127. The van der Waals surface area contributed by atoms with Crippen LogP contribution in [-0.4, -0.2) is 46.0 Å². The van der Waals surface area contributed by atoms with Gasteiger partial charge >= 0.3 is 0 Å². The summed E-state index contributed by atoms with van der Waals surface area (Å²) in [5.41, 5.74) is 0.324. The molecule has 2 saturated carbocycles. The number of ether oxygens (including phenoxy) is 1.